The smallest absolute Gasteiger partial charge is 0.410 e. The van der Waals surface area contributed by atoms with Crippen LogP contribution in [0.5, 0.6) is 5.75 Å². The van der Waals surface area contributed by atoms with Crippen LogP contribution in [0.1, 0.15) is 27.2 Å². The molecule has 1 N–H and O–H groups in total. The number of carbonyl (C=O) groups is 1. The summed E-state index contributed by atoms with van der Waals surface area (Å²) < 4.78 is 12.7. The summed E-state index contributed by atoms with van der Waals surface area (Å²) in [5.41, 5.74) is 1.97. The minimum Gasteiger partial charge on any atom is -0.494 e. The van der Waals surface area contributed by atoms with Gasteiger partial charge in [-0.1, -0.05) is 0 Å². The fourth-order valence-electron chi connectivity index (χ4n) is 3.65. The molecule has 0 spiro atoms. The van der Waals surface area contributed by atoms with Gasteiger partial charge in [-0.25, -0.2) is 14.3 Å². The Bertz CT molecular complexity index is 1070. The van der Waals surface area contributed by atoms with Gasteiger partial charge in [0, 0.05) is 31.4 Å². The van der Waals surface area contributed by atoms with Crippen LogP contribution < -0.4 is 10.1 Å². The molecule has 4 rings (SSSR count). The SMILES string of the molecule is COc1cnccc1-c1cnc2ccc(NC[C@@H]3CCN(C(=O)OC(C)(C)C)C3)nn12. The van der Waals surface area contributed by atoms with Crippen molar-refractivity contribution < 1.29 is 14.3 Å². The Balaban J connectivity index is 1.44. The van der Waals surface area contributed by atoms with E-state index in [2.05, 4.69) is 15.3 Å². The number of likely N-dealkylation sites (tertiary alicyclic amines) is 1. The largest absolute Gasteiger partial charge is 0.494 e. The maximum atomic E-state index is 12.3. The van der Waals surface area contributed by atoms with Crippen molar-refractivity contribution in [2.45, 2.75) is 32.8 Å². The topological polar surface area (TPSA) is 93.9 Å². The zero-order chi connectivity index (χ0) is 22.0. The maximum absolute atomic E-state index is 12.3. The van der Waals surface area contributed by atoms with Crippen LogP contribution in [0.4, 0.5) is 10.6 Å². The third-order valence-corrected chi connectivity index (χ3v) is 5.15. The van der Waals surface area contributed by atoms with E-state index >= 15 is 0 Å². The lowest BCUT2D eigenvalue weighted by Gasteiger charge is -2.24. The van der Waals surface area contributed by atoms with Gasteiger partial charge in [0.15, 0.2) is 5.65 Å². The molecular formula is C22H28N6O3. The highest BCUT2D eigenvalue weighted by molar-refractivity contribution is 5.69. The summed E-state index contributed by atoms with van der Waals surface area (Å²) in [6.07, 6.45) is 5.85. The standard InChI is InChI=1S/C22H28N6O3/c1-22(2,3)31-21(29)27-10-8-15(14-27)11-24-19-5-6-20-25-12-17(28(20)26-19)16-7-9-23-13-18(16)30-4/h5-7,9,12-13,15H,8,10-11,14H2,1-4H3,(H,24,26)/t15-/m0/s1. The molecular weight excluding hydrogens is 396 g/mol. The minimum atomic E-state index is -0.479. The highest BCUT2D eigenvalue weighted by Crippen LogP contribution is 2.29. The van der Waals surface area contributed by atoms with Crippen LogP contribution in [-0.4, -0.2) is 62.9 Å². The number of rotatable bonds is 5. The summed E-state index contributed by atoms with van der Waals surface area (Å²) in [4.78, 5) is 22.6. The van der Waals surface area contributed by atoms with Crippen molar-refractivity contribution >= 4 is 17.6 Å². The molecule has 0 aromatic carbocycles. The predicted molar refractivity (Wildman–Crippen MR) is 117 cm³/mol. The number of hydrogen-bond donors (Lipinski definition) is 1. The van der Waals surface area contributed by atoms with Crippen LogP contribution in [0.25, 0.3) is 16.9 Å². The second kappa shape index (κ2) is 8.41. The number of methoxy groups -OCH3 is 1. The molecule has 4 heterocycles. The summed E-state index contributed by atoms with van der Waals surface area (Å²) in [6.45, 7) is 7.76. The minimum absolute atomic E-state index is 0.246. The van der Waals surface area contributed by atoms with Gasteiger partial charge in [-0.2, -0.15) is 0 Å². The van der Waals surface area contributed by atoms with E-state index in [1.54, 1.807) is 35.1 Å². The van der Waals surface area contributed by atoms with Gasteiger partial charge >= 0.3 is 6.09 Å². The molecule has 0 radical (unpaired) electrons. The molecule has 0 bridgehead atoms. The zero-order valence-corrected chi connectivity index (χ0v) is 18.3. The third kappa shape index (κ3) is 4.70. The van der Waals surface area contributed by atoms with Crippen LogP contribution in [0.2, 0.25) is 0 Å². The third-order valence-electron chi connectivity index (χ3n) is 5.15. The predicted octanol–water partition coefficient (Wildman–Crippen LogP) is 3.47. The van der Waals surface area contributed by atoms with Crippen LogP contribution in [0.15, 0.2) is 36.8 Å². The van der Waals surface area contributed by atoms with Gasteiger partial charge < -0.3 is 19.7 Å². The highest BCUT2D eigenvalue weighted by Gasteiger charge is 2.29. The molecule has 0 unspecified atom stereocenters. The molecule has 1 atom stereocenters. The lowest BCUT2D eigenvalue weighted by Crippen LogP contribution is -2.35. The molecule has 1 aliphatic heterocycles. The second-order valence-corrected chi connectivity index (χ2v) is 8.67. The molecule has 3 aromatic heterocycles. The summed E-state index contributed by atoms with van der Waals surface area (Å²) in [6, 6.07) is 5.72. The molecule has 1 amide bonds. The summed E-state index contributed by atoms with van der Waals surface area (Å²) in [5, 5.41) is 8.11. The molecule has 1 aliphatic rings. The Morgan fingerprint density at radius 2 is 2.10 bits per heavy atom. The average molecular weight is 425 g/mol. The van der Waals surface area contributed by atoms with Gasteiger partial charge in [0.05, 0.1) is 25.2 Å². The van der Waals surface area contributed by atoms with E-state index in [0.29, 0.717) is 24.8 Å². The van der Waals surface area contributed by atoms with Crippen molar-refractivity contribution in [2.75, 3.05) is 32.1 Å². The Morgan fingerprint density at radius 3 is 2.87 bits per heavy atom. The maximum Gasteiger partial charge on any atom is 0.410 e. The molecule has 31 heavy (non-hydrogen) atoms. The number of carbonyl (C=O) groups excluding carboxylic acids is 1. The first-order chi connectivity index (χ1) is 14.8. The van der Waals surface area contributed by atoms with Crippen molar-refractivity contribution in [3.05, 3.63) is 36.8 Å². The van der Waals surface area contributed by atoms with Crippen molar-refractivity contribution in [3.63, 3.8) is 0 Å². The van der Waals surface area contributed by atoms with E-state index in [-0.39, 0.29) is 6.09 Å². The van der Waals surface area contributed by atoms with Gasteiger partial charge in [0.25, 0.3) is 0 Å². The molecule has 3 aromatic rings. The van der Waals surface area contributed by atoms with Crippen molar-refractivity contribution in [1.82, 2.24) is 24.5 Å². The number of hydrogen-bond acceptors (Lipinski definition) is 7. The number of nitrogens with one attached hydrogen (secondary N) is 1. The summed E-state index contributed by atoms with van der Waals surface area (Å²) in [7, 11) is 1.62. The van der Waals surface area contributed by atoms with Crippen molar-refractivity contribution in [3.8, 4) is 17.0 Å². The fourth-order valence-corrected chi connectivity index (χ4v) is 3.65. The van der Waals surface area contributed by atoms with E-state index in [9.17, 15) is 4.79 Å². The van der Waals surface area contributed by atoms with Gasteiger partial charge in [-0.05, 0) is 51.3 Å². The van der Waals surface area contributed by atoms with Crippen LogP contribution >= 0.6 is 0 Å². The molecule has 1 fully saturated rings. The van der Waals surface area contributed by atoms with E-state index in [4.69, 9.17) is 14.6 Å². The Hall–Kier alpha value is -3.36. The Kier molecular flexibility index (Phi) is 5.67. The Labute approximate surface area is 181 Å². The number of anilines is 1. The van der Waals surface area contributed by atoms with E-state index in [1.807, 2.05) is 39.0 Å². The number of aromatic nitrogens is 4. The molecule has 0 aliphatic carbocycles. The van der Waals surface area contributed by atoms with Gasteiger partial charge in [0.2, 0.25) is 0 Å². The lowest BCUT2D eigenvalue weighted by molar-refractivity contribution is 0.0289. The Morgan fingerprint density at radius 1 is 1.26 bits per heavy atom. The van der Waals surface area contributed by atoms with Crippen molar-refractivity contribution in [1.29, 1.82) is 0 Å². The van der Waals surface area contributed by atoms with Crippen LogP contribution in [0.3, 0.4) is 0 Å². The monoisotopic (exact) mass is 424 g/mol. The fraction of sp³-hybridized carbons (Fsp3) is 0.455. The number of amides is 1. The number of pyridine rings is 1. The molecule has 9 nitrogen and oxygen atoms in total. The average Bonchev–Trinajstić information content (AvgIpc) is 3.38. The van der Waals surface area contributed by atoms with E-state index in [1.165, 1.54) is 0 Å². The number of fused-ring (bicyclic) bond motifs is 1. The molecule has 164 valence electrons. The lowest BCUT2D eigenvalue weighted by atomic mass is 10.1. The second-order valence-electron chi connectivity index (χ2n) is 8.67. The first-order valence-electron chi connectivity index (χ1n) is 10.4. The van der Waals surface area contributed by atoms with Gasteiger partial charge in [0.1, 0.15) is 17.2 Å². The first kappa shape index (κ1) is 20.9. The first-order valence-corrected chi connectivity index (χ1v) is 10.4. The van der Waals surface area contributed by atoms with E-state index < -0.39 is 5.60 Å². The van der Waals surface area contributed by atoms with Gasteiger partial charge in [-0.3, -0.25) is 4.98 Å². The summed E-state index contributed by atoms with van der Waals surface area (Å²) in [5.74, 6) is 1.75. The quantitative estimate of drug-likeness (QED) is 0.670. The number of imidazole rings is 1. The molecule has 1 saturated heterocycles. The molecule has 9 heteroatoms. The van der Waals surface area contributed by atoms with Gasteiger partial charge in [-0.15, -0.1) is 5.10 Å². The molecule has 0 saturated carbocycles. The van der Waals surface area contributed by atoms with Crippen molar-refractivity contribution in [2.24, 2.45) is 5.92 Å². The van der Waals surface area contributed by atoms with Crippen LogP contribution in [0, 0.1) is 5.92 Å². The number of ether oxygens (including phenoxy) is 2. The van der Waals surface area contributed by atoms with Crippen LogP contribution in [-0.2, 0) is 4.74 Å². The zero-order valence-electron chi connectivity index (χ0n) is 18.3. The number of nitrogens with zero attached hydrogens (tertiary/aromatic N) is 5. The highest BCUT2D eigenvalue weighted by atomic mass is 16.6. The normalized spacial score (nSPS) is 16.5. The van der Waals surface area contributed by atoms with E-state index in [0.717, 1.165) is 35.7 Å². The summed E-state index contributed by atoms with van der Waals surface area (Å²) >= 11 is 0.